The van der Waals surface area contributed by atoms with E-state index in [1.54, 1.807) is 29.6 Å². The minimum Gasteiger partial charge on any atom is -0.351 e. The van der Waals surface area contributed by atoms with Gasteiger partial charge in [-0.25, -0.2) is 0 Å². The molecule has 2 aromatic heterocycles. The number of aromatic nitrogens is 1. The summed E-state index contributed by atoms with van der Waals surface area (Å²) >= 11 is 1.27. The van der Waals surface area contributed by atoms with Crippen LogP contribution in [-0.4, -0.2) is 22.8 Å². The van der Waals surface area contributed by atoms with Crippen LogP contribution in [0.4, 0.5) is 18.9 Å². The molecule has 178 valence electrons. The Bertz CT molecular complexity index is 1110. The van der Waals surface area contributed by atoms with Gasteiger partial charge in [0.1, 0.15) is 5.69 Å². The van der Waals surface area contributed by atoms with Crippen LogP contribution in [-0.2, 0) is 11.0 Å². The van der Waals surface area contributed by atoms with Gasteiger partial charge in [0.05, 0.1) is 5.56 Å². The molecule has 34 heavy (non-hydrogen) atoms. The topological polar surface area (TPSA) is 62.3 Å². The second-order valence-electron chi connectivity index (χ2n) is 8.20. The number of nitrogens with one attached hydrogen (secondary N) is 1. The summed E-state index contributed by atoms with van der Waals surface area (Å²) in [6.07, 6.45) is 1.60. The second-order valence-corrected chi connectivity index (χ2v) is 9.18. The van der Waals surface area contributed by atoms with Crippen molar-refractivity contribution in [3.8, 4) is 0 Å². The third-order valence-electron chi connectivity index (χ3n) is 5.83. The molecule has 1 N–H and O–H groups in total. The van der Waals surface area contributed by atoms with Crippen molar-refractivity contribution in [3.05, 3.63) is 82.3 Å². The first-order valence-electron chi connectivity index (χ1n) is 11.1. The number of alkyl halides is 3. The highest BCUT2D eigenvalue weighted by Gasteiger charge is 2.37. The number of nitrogens with zero attached hydrogens (tertiary/aromatic N) is 2. The highest BCUT2D eigenvalue weighted by atomic mass is 32.1. The second kappa shape index (κ2) is 10.4. The van der Waals surface area contributed by atoms with Crippen molar-refractivity contribution in [2.24, 2.45) is 0 Å². The summed E-state index contributed by atoms with van der Waals surface area (Å²) in [5, 5.41) is 4.81. The van der Waals surface area contributed by atoms with E-state index >= 15 is 0 Å². The minimum absolute atomic E-state index is 0.0253. The summed E-state index contributed by atoms with van der Waals surface area (Å²) in [6, 6.07) is 11.5. The van der Waals surface area contributed by atoms with Crippen LogP contribution in [0.1, 0.15) is 59.1 Å². The van der Waals surface area contributed by atoms with Crippen LogP contribution in [0, 0.1) is 0 Å². The summed E-state index contributed by atoms with van der Waals surface area (Å²) < 4.78 is 40.5. The maximum Gasteiger partial charge on any atom is 0.416 e. The molecule has 1 saturated carbocycles. The standard InChI is InChI=1S/C25H24F3N3O2S/c26-25(27,28)17-8-6-11-19(16-17)31(24(33)20-12-4-5-14-29-20)22(21-13-7-15-34-21)23(32)30-18-9-2-1-3-10-18/h4-8,11-16,18,22H,1-3,9-10H2,(H,30,32). The Morgan fingerprint density at radius 2 is 1.82 bits per heavy atom. The van der Waals surface area contributed by atoms with Gasteiger partial charge in [-0.3, -0.25) is 19.5 Å². The van der Waals surface area contributed by atoms with Crippen LogP contribution in [0.5, 0.6) is 0 Å². The molecule has 0 spiro atoms. The molecule has 1 aromatic carbocycles. The van der Waals surface area contributed by atoms with Crippen molar-refractivity contribution < 1.29 is 22.8 Å². The number of benzene rings is 1. The fourth-order valence-corrected chi connectivity index (χ4v) is 4.99. The zero-order valence-corrected chi connectivity index (χ0v) is 19.1. The molecule has 0 saturated heterocycles. The maximum absolute atomic E-state index is 13.6. The summed E-state index contributed by atoms with van der Waals surface area (Å²) in [5.41, 5.74) is -0.893. The molecule has 1 aliphatic carbocycles. The first kappa shape index (κ1) is 23.9. The Morgan fingerprint density at radius 1 is 1.03 bits per heavy atom. The van der Waals surface area contributed by atoms with Crippen LogP contribution in [0.3, 0.4) is 0 Å². The van der Waals surface area contributed by atoms with Crippen LogP contribution in [0.2, 0.25) is 0 Å². The molecule has 1 fully saturated rings. The van der Waals surface area contributed by atoms with Crippen molar-refractivity contribution >= 4 is 28.8 Å². The number of pyridine rings is 1. The van der Waals surface area contributed by atoms with Crippen LogP contribution < -0.4 is 10.2 Å². The van der Waals surface area contributed by atoms with Crippen molar-refractivity contribution in [1.82, 2.24) is 10.3 Å². The molecule has 0 aliphatic heterocycles. The van der Waals surface area contributed by atoms with E-state index in [4.69, 9.17) is 0 Å². The maximum atomic E-state index is 13.6. The fraction of sp³-hybridized carbons (Fsp3) is 0.320. The first-order valence-corrected chi connectivity index (χ1v) is 12.0. The van der Waals surface area contributed by atoms with Gasteiger partial charge in [-0.15, -0.1) is 11.3 Å². The summed E-state index contributed by atoms with van der Waals surface area (Å²) in [4.78, 5) is 33.0. The van der Waals surface area contributed by atoms with Crippen molar-refractivity contribution in [3.63, 3.8) is 0 Å². The van der Waals surface area contributed by atoms with E-state index < -0.39 is 29.6 Å². The van der Waals surface area contributed by atoms with Gasteiger partial charge in [-0.05, 0) is 54.6 Å². The average Bonchev–Trinajstić information content (AvgIpc) is 3.37. The van der Waals surface area contributed by atoms with Gasteiger partial charge in [-0.1, -0.05) is 37.5 Å². The lowest BCUT2D eigenvalue weighted by Gasteiger charge is -2.32. The smallest absolute Gasteiger partial charge is 0.351 e. The number of carbonyl (C=O) groups is 2. The third kappa shape index (κ3) is 5.47. The average molecular weight is 488 g/mol. The molecule has 0 radical (unpaired) electrons. The lowest BCUT2D eigenvalue weighted by molar-refractivity contribution is -0.137. The van der Waals surface area contributed by atoms with E-state index in [9.17, 15) is 22.8 Å². The summed E-state index contributed by atoms with van der Waals surface area (Å²) in [7, 11) is 0. The van der Waals surface area contributed by atoms with Gasteiger partial charge in [0.25, 0.3) is 5.91 Å². The Morgan fingerprint density at radius 3 is 2.47 bits per heavy atom. The van der Waals surface area contributed by atoms with Gasteiger partial charge in [0.15, 0.2) is 6.04 Å². The highest BCUT2D eigenvalue weighted by molar-refractivity contribution is 7.10. The van der Waals surface area contributed by atoms with Crippen LogP contribution in [0.25, 0.3) is 0 Å². The third-order valence-corrected chi connectivity index (χ3v) is 6.75. The number of thiophene rings is 1. The minimum atomic E-state index is -4.60. The lowest BCUT2D eigenvalue weighted by Crippen LogP contribution is -2.47. The monoisotopic (exact) mass is 487 g/mol. The Balaban J connectivity index is 1.80. The molecule has 2 amide bonds. The lowest BCUT2D eigenvalue weighted by atomic mass is 9.95. The van der Waals surface area contributed by atoms with Gasteiger partial charge in [0.2, 0.25) is 5.91 Å². The van der Waals surface area contributed by atoms with Crippen molar-refractivity contribution in [1.29, 1.82) is 0 Å². The summed E-state index contributed by atoms with van der Waals surface area (Å²) in [6.45, 7) is 0. The van der Waals surface area contributed by atoms with Crippen LogP contribution in [0.15, 0.2) is 66.2 Å². The van der Waals surface area contributed by atoms with E-state index in [1.165, 1.54) is 35.7 Å². The first-order chi connectivity index (χ1) is 16.3. The Kier molecular flexibility index (Phi) is 7.31. The van der Waals surface area contributed by atoms with Gasteiger partial charge < -0.3 is 5.32 Å². The Labute approximate surface area is 199 Å². The molecule has 1 unspecified atom stereocenters. The van der Waals surface area contributed by atoms with Crippen LogP contribution >= 0.6 is 11.3 Å². The largest absolute Gasteiger partial charge is 0.416 e. The molecule has 1 atom stereocenters. The Hall–Kier alpha value is -3.20. The number of hydrogen-bond acceptors (Lipinski definition) is 4. The number of amides is 2. The van der Waals surface area contributed by atoms with Gasteiger partial charge >= 0.3 is 6.18 Å². The zero-order valence-electron chi connectivity index (χ0n) is 18.3. The van der Waals surface area contributed by atoms with Crippen molar-refractivity contribution in [2.45, 2.75) is 50.4 Å². The molecule has 3 aromatic rings. The molecule has 2 heterocycles. The predicted octanol–water partition coefficient (Wildman–Crippen LogP) is 6.00. The fourth-order valence-electron chi connectivity index (χ4n) is 4.18. The van der Waals surface area contributed by atoms with Gasteiger partial charge in [-0.2, -0.15) is 13.2 Å². The van der Waals surface area contributed by atoms with E-state index in [0.29, 0.717) is 4.88 Å². The number of hydrogen-bond donors (Lipinski definition) is 1. The quantitative estimate of drug-likeness (QED) is 0.464. The highest BCUT2D eigenvalue weighted by Crippen LogP contribution is 2.36. The molecule has 0 bridgehead atoms. The SMILES string of the molecule is O=C(NC1CCCCC1)C(c1cccs1)N(C(=O)c1ccccn1)c1cccc(C(F)(F)F)c1. The molecule has 5 nitrogen and oxygen atoms in total. The number of rotatable bonds is 6. The normalized spacial score (nSPS) is 15.5. The summed E-state index contributed by atoms with van der Waals surface area (Å²) in [5.74, 6) is -1.08. The number of carbonyl (C=O) groups excluding carboxylic acids is 2. The van der Waals surface area contributed by atoms with Crippen molar-refractivity contribution in [2.75, 3.05) is 4.90 Å². The van der Waals surface area contributed by atoms with E-state index in [1.807, 2.05) is 0 Å². The predicted molar refractivity (Wildman–Crippen MR) is 125 cm³/mol. The van der Waals surface area contributed by atoms with E-state index in [2.05, 4.69) is 10.3 Å². The van der Waals surface area contributed by atoms with Gasteiger partial charge in [0, 0.05) is 22.8 Å². The molecular weight excluding hydrogens is 463 g/mol. The van der Waals surface area contributed by atoms with E-state index in [-0.39, 0.29) is 17.4 Å². The molecular formula is C25H24F3N3O2S. The number of anilines is 1. The zero-order chi connectivity index (χ0) is 24.1. The number of halogens is 3. The molecule has 1 aliphatic rings. The van der Waals surface area contributed by atoms with E-state index in [0.717, 1.165) is 49.1 Å². The molecule has 4 rings (SSSR count). The molecule has 9 heteroatoms.